The molecule has 9 nitrogen and oxygen atoms in total. The number of nitrogens with zero attached hydrogens (tertiary/aromatic N) is 2. The molecule has 0 bridgehead atoms. The first-order valence-corrected chi connectivity index (χ1v) is 13.1. The zero-order valence-corrected chi connectivity index (χ0v) is 20.5. The number of aliphatic hydroxyl groups is 3. The molecule has 1 rings (SSSR count). The van der Waals surface area contributed by atoms with Crippen LogP contribution in [0.3, 0.4) is 0 Å². The average molecular weight is 463 g/mol. The van der Waals surface area contributed by atoms with Crippen molar-refractivity contribution in [2.45, 2.75) is 65.3 Å². The summed E-state index contributed by atoms with van der Waals surface area (Å²) in [5.74, 6) is 0. The van der Waals surface area contributed by atoms with Crippen LogP contribution in [-0.2, 0) is 9.30 Å². The number of hydrogen-bond donors (Lipinski definition) is 5. The molecule has 1 aliphatic heterocycles. The van der Waals surface area contributed by atoms with Crippen LogP contribution < -0.4 is 0 Å². The molecule has 1 aliphatic rings. The number of hydrogen-bond acceptors (Lipinski definition) is 8. The lowest BCUT2D eigenvalue weighted by atomic mass is 10.1. The topological polar surface area (TPSA) is 134 Å². The minimum Gasteiger partial charge on any atom is -0.388 e. The van der Waals surface area contributed by atoms with Gasteiger partial charge in [-0.3, -0.25) is 4.57 Å². The molecule has 0 spiro atoms. The largest absolute Gasteiger partial charge is 0.388 e. The third-order valence-corrected chi connectivity index (χ3v) is 7.23. The first kappa shape index (κ1) is 31.4. The van der Waals surface area contributed by atoms with Gasteiger partial charge in [0.25, 0.3) is 0 Å². The standard InChI is InChI=1S/2C6H15N.C6H13O7PS/c2*1-4-7(5-2)6-3;7-3-1-13-6(5(9)4(3)8)15-2-14(10,11)12/h2*4-6H2,1-3H3;3-9H,1-2H2,(H2,10,11,12)/t;;3-,4-,5+,6-/m..0/s1. The fourth-order valence-corrected chi connectivity index (χ4v) is 4.34. The van der Waals surface area contributed by atoms with Crippen molar-refractivity contribution in [3.8, 4) is 0 Å². The van der Waals surface area contributed by atoms with Crippen LogP contribution in [-0.4, -0.2) is 110 Å². The van der Waals surface area contributed by atoms with E-state index in [0.717, 1.165) is 0 Å². The molecule has 1 heterocycles. The van der Waals surface area contributed by atoms with Gasteiger partial charge in [-0.1, -0.05) is 41.5 Å². The van der Waals surface area contributed by atoms with Crippen LogP contribution in [0, 0.1) is 0 Å². The number of ether oxygens (including phenoxy) is 1. The summed E-state index contributed by atoms with van der Waals surface area (Å²) in [5, 5.41) is 27.8. The first-order valence-electron chi connectivity index (χ1n) is 10.3. The second kappa shape index (κ2) is 17.9. The van der Waals surface area contributed by atoms with Gasteiger partial charge in [0.1, 0.15) is 23.7 Å². The lowest BCUT2D eigenvalue weighted by molar-refractivity contribution is -0.161. The van der Waals surface area contributed by atoms with Gasteiger partial charge in [-0.2, -0.15) is 0 Å². The van der Waals surface area contributed by atoms with E-state index in [1.165, 1.54) is 39.3 Å². The van der Waals surface area contributed by atoms with Crippen LogP contribution in [0.25, 0.3) is 0 Å². The van der Waals surface area contributed by atoms with Gasteiger partial charge in [0.2, 0.25) is 0 Å². The van der Waals surface area contributed by atoms with Crippen molar-refractivity contribution in [1.29, 1.82) is 0 Å². The fraction of sp³-hybridized carbons (Fsp3) is 1.00. The zero-order valence-electron chi connectivity index (χ0n) is 18.8. The maximum Gasteiger partial charge on any atom is 0.335 e. The lowest BCUT2D eigenvalue weighted by Gasteiger charge is -2.34. The SMILES string of the molecule is CCN(CC)CC.CCN(CC)CC.O=P(O)(O)CS[C@@H]1OC[C@H](O)[C@H](O)[C@H]1O. The van der Waals surface area contributed by atoms with E-state index in [1.54, 1.807) is 0 Å². The Kier molecular flexibility index (Phi) is 19.4. The molecule has 178 valence electrons. The summed E-state index contributed by atoms with van der Waals surface area (Å²) in [6, 6.07) is 0. The Hall–Kier alpha value is 0.260. The molecule has 0 aromatic rings. The predicted octanol–water partition coefficient (Wildman–Crippen LogP) is 0.990. The molecular weight excluding hydrogens is 419 g/mol. The van der Waals surface area contributed by atoms with Gasteiger partial charge < -0.3 is 39.6 Å². The van der Waals surface area contributed by atoms with Crippen molar-refractivity contribution in [2.24, 2.45) is 0 Å². The second-order valence-corrected chi connectivity index (χ2v) is 9.61. The van der Waals surface area contributed by atoms with Crippen molar-refractivity contribution < 1.29 is 34.4 Å². The van der Waals surface area contributed by atoms with Crippen molar-refractivity contribution in [3.63, 3.8) is 0 Å². The van der Waals surface area contributed by atoms with Gasteiger partial charge in [-0.25, -0.2) is 0 Å². The molecule has 1 fully saturated rings. The third-order valence-electron chi connectivity index (χ3n) is 4.54. The van der Waals surface area contributed by atoms with E-state index in [9.17, 15) is 14.8 Å². The first-order chi connectivity index (χ1) is 13.5. The molecular formula is C18H43N2O7PS. The monoisotopic (exact) mass is 462 g/mol. The summed E-state index contributed by atoms with van der Waals surface area (Å²) < 4.78 is 15.5. The molecule has 11 heteroatoms. The van der Waals surface area contributed by atoms with E-state index in [-0.39, 0.29) is 6.61 Å². The summed E-state index contributed by atoms with van der Waals surface area (Å²) in [6.45, 7) is 20.1. The lowest BCUT2D eigenvalue weighted by Crippen LogP contribution is -2.51. The summed E-state index contributed by atoms with van der Waals surface area (Å²) >= 11 is 0.712. The highest BCUT2D eigenvalue weighted by Gasteiger charge is 2.38. The Morgan fingerprint density at radius 1 is 0.828 bits per heavy atom. The summed E-state index contributed by atoms with van der Waals surface area (Å²) in [5.41, 5.74) is -1.44. The van der Waals surface area contributed by atoms with Crippen LogP contribution in [0.15, 0.2) is 0 Å². The molecule has 0 unspecified atom stereocenters. The van der Waals surface area contributed by atoms with Gasteiger partial charge in [0.05, 0.1) is 12.1 Å². The highest BCUT2D eigenvalue weighted by atomic mass is 32.2. The van der Waals surface area contributed by atoms with Gasteiger partial charge in [-0.15, -0.1) is 11.8 Å². The second-order valence-electron chi connectivity index (χ2n) is 6.45. The van der Waals surface area contributed by atoms with Crippen molar-refractivity contribution in [2.75, 3.05) is 51.4 Å². The maximum atomic E-state index is 10.6. The molecule has 4 atom stereocenters. The molecule has 0 saturated carbocycles. The fourth-order valence-electron chi connectivity index (χ4n) is 2.44. The minimum atomic E-state index is -4.17. The predicted molar refractivity (Wildman–Crippen MR) is 119 cm³/mol. The Bertz CT molecular complexity index is 400. The Morgan fingerprint density at radius 2 is 1.21 bits per heavy atom. The molecule has 0 aromatic carbocycles. The third kappa shape index (κ3) is 15.7. The number of aliphatic hydroxyl groups excluding tert-OH is 3. The normalized spacial score (nSPS) is 24.6. The van der Waals surface area contributed by atoms with Crippen LogP contribution in [0.5, 0.6) is 0 Å². The quantitative estimate of drug-likeness (QED) is 0.316. The highest BCUT2D eigenvalue weighted by Crippen LogP contribution is 2.41. The van der Waals surface area contributed by atoms with E-state index < -0.39 is 36.8 Å². The van der Waals surface area contributed by atoms with Gasteiger partial charge in [-0.05, 0) is 39.3 Å². The number of thioether (sulfide) groups is 1. The summed E-state index contributed by atoms with van der Waals surface area (Å²) in [6.07, 6.45) is -3.88. The van der Waals surface area contributed by atoms with Crippen molar-refractivity contribution in [1.82, 2.24) is 9.80 Å². The van der Waals surface area contributed by atoms with E-state index in [2.05, 4.69) is 51.3 Å². The van der Waals surface area contributed by atoms with Gasteiger partial charge >= 0.3 is 7.60 Å². The molecule has 5 N–H and O–H groups in total. The molecule has 0 aromatic heterocycles. The van der Waals surface area contributed by atoms with E-state index in [1.807, 2.05) is 0 Å². The van der Waals surface area contributed by atoms with Crippen molar-refractivity contribution >= 4 is 19.4 Å². The van der Waals surface area contributed by atoms with E-state index in [4.69, 9.17) is 19.6 Å². The Morgan fingerprint density at radius 3 is 1.48 bits per heavy atom. The smallest absolute Gasteiger partial charge is 0.335 e. The van der Waals surface area contributed by atoms with Gasteiger partial charge in [0.15, 0.2) is 0 Å². The van der Waals surface area contributed by atoms with Crippen LogP contribution in [0.2, 0.25) is 0 Å². The molecule has 0 amide bonds. The average Bonchev–Trinajstić information content (AvgIpc) is 2.69. The highest BCUT2D eigenvalue weighted by molar-refractivity contribution is 8.04. The summed E-state index contributed by atoms with van der Waals surface area (Å²) in [7, 11) is -4.17. The number of rotatable bonds is 9. The maximum absolute atomic E-state index is 10.6. The van der Waals surface area contributed by atoms with E-state index >= 15 is 0 Å². The molecule has 0 radical (unpaired) electrons. The van der Waals surface area contributed by atoms with Crippen molar-refractivity contribution in [3.05, 3.63) is 0 Å². The van der Waals surface area contributed by atoms with E-state index in [0.29, 0.717) is 11.8 Å². The Balaban J connectivity index is 0. The summed E-state index contributed by atoms with van der Waals surface area (Å²) in [4.78, 5) is 21.9. The molecule has 1 saturated heterocycles. The van der Waals surface area contributed by atoms with Crippen LogP contribution >= 0.6 is 19.4 Å². The minimum absolute atomic E-state index is 0.170. The van der Waals surface area contributed by atoms with Gasteiger partial charge in [0, 0.05) is 0 Å². The van der Waals surface area contributed by atoms with Crippen LogP contribution in [0.1, 0.15) is 41.5 Å². The van der Waals surface area contributed by atoms with Crippen LogP contribution in [0.4, 0.5) is 0 Å². The Labute approximate surface area is 180 Å². The zero-order chi connectivity index (χ0) is 23.0. The molecule has 29 heavy (non-hydrogen) atoms. The molecule has 0 aliphatic carbocycles.